The van der Waals surface area contributed by atoms with Crippen LogP contribution in [0.2, 0.25) is 5.02 Å². The van der Waals surface area contributed by atoms with Gasteiger partial charge in [-0.05, 0) is 42.8 Å². The number of aryl methyl sites for hydroxylation is 1. The van der Waals surface area contributed by atoms with Crippen LogP contribution in [0.1, 0.15) is 5.56 Å². The number of carbonyl (C=O) groups excluding carboxylic acids is 1. The number of carbonyl (C=O) groups is 1. The van der Waals surface area contributed by atoms with Gasteiger partial charge in [0, 0.05) is 11.1 Å². The second-order valence-corrected chi connectivity index (χ2v) is 5.39. The molecule has 0 aliphatic carbocycles. The number of nitrogens with one attached hydrogen (secondary N) is 2. The zero-order valence-corrected chi connectivity index (χ0v) is 14.1. The molecule has 0 bridgehead atoms. The quantitative estimate of drug-likeness (QED) is 0.773. The fourth-order valence-electron chi connectivity index (χ4n) is 1.96. The third kappa shape index (κ3) is 5.03. The summed E-state index contributed by atoms with van der Waals surface area (Å²) in [4.78, 5) is 11.9. The largest absolute Gasteiger partial charge is 0.495 e. The molecule has 128 valence electrons. The number of halogens is 2. The van der Waals surface area contributed by atoms with Crippen LogP contribution in [0, 0.1) is 12.7 Å². The molecule has 0 heterocycles. The van der Waals surface area contributed by atoms with Crippen LogP contribution in [0.4, 0.5) is 14.9 Å². The minimum Gasteiger partial charge on any atom is -0.495 e. The molecule has 2 amide bonds. The first kappa shape index (κ1) is 17.9. The fourth-order valence-corrected chi connectivity index (χ4v) is 2.11. The molecule has 0 atom stereocenters. The van der Waals surface area contributed by atoms with Crippen LogP contribution < -0.4 is 20.1 Å². The van der Waals surface area contributed by atoms with Gasteiger partial charge < -0.3 is 20.1 Å². The lowest BCUT2D eigenvalue weighted by atomic mass is 10.2. The van der Waals surface area contributed by atoms with E-state index in [1.807, 2.05) is 6.92 Å². The molecule has 0 unspecified atom stereocenters. The van der Waals surface area contributed by atoms with Crippen molar-refractivity contribution in [1.29, 1.82) is 0 Å². The van der Waals surface area contributed by atoms with Gasteiger partial charge in [-0.2, -0.15) is 0 Å². The summed E-state index contributed by atoms with van der Waals surface area (Å²) >= 11 is 6.02. The molecular weight excluding hydrogens is 335 g/mol. The zero-order chi connectivity index (χ0) is 17.5. The third-order valence-corrected chi connectivity index (χ3v) is 3.61. The number of ether oxygens (including phenoxy) is 2. The minimum absolute atomic E-state index is 0.260. The summed E-state index contributed by atoms with van der Waals surface area (Å²) in [6.45, 7) is 2.38. The molecule has 0 saturated carbocycles. The van der Waals surface area contributed by atoms with Gasteiger partial charge in [-0.15, -0.1) is 0 Å². The van der Waals surface area contributed by atoms with E-state index in [1.54, 1.807) is 12.1 Å². The van der Waals surface area contributed by atoms with Crippen molar-refractivity contribution in [2.75, 3.05) is 25.6 Å². The van der Waals surface area contributed by atoms with Crippen LogP contribution in [0.25, 0.3) is 0 Å². The Hall–Kier alpha value is -2.47. The van der Waals surface area contributed by atoms with Crippen molar-refractivity contribution in [2.24, 2.45) is 0 Å². The summed E-state index contributed by atoms with van der Waals surface area (Å²) in [5.41, 5.74) is 1.35. The summed E-state index contributed by atoms with van der Waals surface area (Å²) in [5, 5.41) is 5.92. The smallest absolute Gasteiger partial charge is 0.319 e. The highest BCUT2D eigenvalue weighted by Crippen LogP contribution is 2.30. The highest BCUT2D eigenvalue weighted by atomic mass is 35.5. The van der Waals surface area contributed by atoms with Gasteiger partial charge in [-0.25, -0.2) is 9.18 Å². The second-order valence-electron chi connectivity index (χ2n) is 4.98. The van der Waals surface area contributed by atoms with E-state index in [0.29, 0.717) is 22.2 Å². The van der Waals surface area contributed by atoms with E-state index in [9.17, 15) is 9.18 Å². The molecule has 24 heavy (non-hydrogen) atoms. The molecule has 0 fully saturated rings. The number of benzene rings is 2. The molecule has 0 spiro atoms. The van der Waals surface area contributed by atoms with E-state index < -0.39 is 6.03 Å². The first-order valence-corrected chi connectivity index (χ1v) is 7.64. The minimum atomic E-state index is -0.391. The van der Waals surface area contributed by atoms with E-state index in [1.165, 1.54) is 31.4 Å². The number of hydrogen-bond acceptors (Lipinski definition) is 3. The number of amides is 2. The Morgan fingerprint density at radius 1 is 1.25 bits per heavy atom. The molecule has 0 aliphatic rings. The summed E-state index contributed by atoms with van der Waals surface area (Å²) in [6.07, 6.45) is 0. The van der Waals surface area contributed by atoms with Crippen molar-refractivity contribution in [3.05, 3.63) is 52.8 Å². The molecule has 0 aromatic heterocycles. The zero-order valence-electron chi connectivity index (χ0n) is 13.4. The maximum absolute atomic E-state index is 12.8. The predicted molar refractivity (Wildman–Crippen MR) is 91.7 cm³/mol. The molecule has 2 N–H and O–H groups in total. The Morgan fingerprint density at radius 2 is 1.96 bits per heavy atom. The summed E-state index contributed by atoms with van der Waals surface area (Å²) in [6, 6.07) is 8.65. The molecule has 5 nitrogen and oxygen atoms in total. The summed E-state index contributed by atoms with van der Waals surface area (Å²) in [5.74, 6) is 0.684. The number of rotatable bonds is 6. The molecule has 2 aromatic rings. The molecule has 7 heteroatoms. The predicted octanol–water partition coefficient (Wildman–Crippen LogP) is 4.00. The average molecular weight is 353 g/mol. The molecule has 0 aliphatic heterocycles. The van der Waals surface area contributed by atoms with Crippen molar-refractivity contribution in [3.63, 3.8) is 0 Å². The van der Waals surface area contributed by atoms with Gasteiger partial charge in [0.1, 0.15) is 23.9 Å². The topological polar surface area (TPSA) is 59.6 Å². The van der Waals surface area contributed by atoms with Crippen LogP contribution in [-0.4, -0.2) is 26.3 Å². The molecule has 2 aromatic carbocycles. The van der Waals surface area contributed by atoms with Crippen LogP contribution >= 0.6 is 11.6 Å². The second kappa shape index (κ2) is 8.40. The van der Waals surface area contributed by atoms with E-state index in [2.05, 4.69) is 10.6 Å². The third-order valence-electron chi connectivity index (χ3n) is 3.20. The number of methoxy groups -OCH3 is 1. The fraction of sp³-hybridized carbons (Fsp3) is 0.235. The first-order valence-electron chi connectivity index (χ1n) is 7.27. The van der Waals surface area contributed by atoms with E-state index in [4.69, 9.17) is 21.1 Å². The van der Waals surface area contributed by atoms with E-state index >= 15 is 0 Å². The number of hydrogen-bond donors (Lipinski definition) is 2. The SMILES string of the molecule is COc1cc(Cl)c(C)cc1NC(=O)NCCOc1ccc(F)cc1. The molecule has 2 rings (SSSR count). The van der Waals surface area contributed by atoms with Gasteiger partial charge in [0.05, 0.1) is 19.3 Å². The Bertz CT molecular complexity index is 708. The number of anilines is 1. The van der Waals surface area contributed by atoms with Crippen LogP contribution in [0.15, 0.2) is 36.4 Å². The Balaban J connectivity index is 1.81. The van der Waals surface area contributed by atoms with Crippen molar-refractivity contribution >= 4 is 23.3 Å². The Labute approximate surface area is 144 Å². The van der Waals surface area contributed by atoms with Crippen LogP contribution in [0.3, 0.4) is 0 Å². The molecule has 0 radical (unpaired) electrons. The lowest BCUT2D eigenvalue weighted by Crippen LogP contribution is -2.32. The van der Waals surface area contributed by atoms with Gasteiger partial charge in [-0.3, -0.25) is 0 Å². The van der Waals surface area contributed by atoms with Crippen LogP contribution in [0.5, 0.6) is 11.5 Å². The van der Waals surface area contributed by atoms with Gasteiger partial charge in [0.2, 0.25) is 0 Å². The van der Waals surface area contributed by atoms with Gasteiger partial charge in [-0.1, -0.05) is 11.6 Å². The van der Waals surface area contributed by atoms with Crippen LogP contribution in [-0.2, 0) is 0 Å². The summed E-state index contributed by atoms with van der Waals surface area (Å²) in [7, 11) is 1.50. The van der Waals surface area contributed by atoms with E-state index in [0.717, 1.165) is 5.56 Å². The molecular formula is C17H18ClFN2O3. The maximum atomic E-state index is 12.8. The lowest BCUT2D eigenvalue weighted by molar-refractivity contribution is 0.247. The van der Waals surface area contributed by atoms with Crippen molar-refractivity contribution in [1.82, 2.24) is 5.32 Å². The lowest BCUT2D eigenvalue weighted by Gasteiger charge is -2.13. The Kier molecular flexibility index (Phi) is 6.26. The Morgan fingerprint density at radius 3 is 2.62 bits per heavy atom. The van der Waals surface area contributed by atoms with E-state index in [-0.39, 0.29) is 19.0 Å². The monoisotopic (exact) mass is 352 g/mol. The highest BCUT2D eigenvalue weighted by molar-refractivity contribution is 6.31. The standard InChI is InChI=1S/C17H18ClFN2O3/c1-11-9-15(16(23-2)10-14(11)18)21-17(22)20-7-8-24-13-5-3-12(19)4-6-13/h3-6,9-10H,7-8H2,1-2H3,(H2,20,21,22). The van der Waals surface area contributed by atoms with Gasteiger partial charge >= 0.3 is 6.03 Å². The maximum Gasteiger partial charge on any atom is 0.319 e. The normalized spacial score (nSPS) is 10.2. The van der Waals surface area contributed by atoms with Gasteiger partial charge in [0.15, 0.2) is 0 Å². The van der Waals surface area contributed by atoms with Crippen molar-refractivity contribution in [2.45, 2.75) is 6.92 Å². The van der Waals surface area contributed by atoms with Gasteiger partial charge in [0.25, 0.3) is 0 Å². The first-order chi connectivity index (χ1) is 11.5. The summed E-state index contributed by atoms with van der Waals surface area (Å²) < 4.78 is 23.3. The van der Waals surface area contributed by atoms with Crippen molar-refractivity contribution in [3.8, 4) is 11.5 Å². The van der Waals surface area contributed by atoms with Crippen molar-refractivity contribution < 1.29 is 18.7 Å². The highest BCUT2D eigenvalue weighted by Gasteiger charge is 2.10. The number of urea groups is 1. The average Bonchev–Trinajstić information content (AvgIpc) is 2.56. The molecule has 0 saturated heterocycles.